The summed E-state index contributed by atoms with van der Waals surface area (Å²) in [6.07, 6.45) is -0.910. The molecule has 26 heavy (non-hydrogen) atoms. The standard InChI is InChI=1S/C17H14F2N2O4S/c18-10-5-6-15(11(19)7-10)26-9-16(22)20-21-17(23)14-8-24-12-3-1-2-4-13(12)25-14/h1-7,14H,8-9H2,(H,20,22)(H,21,23)/t14-/m1/s1. The Morgan fingerprint density at radius 3 is 2.65 bits per heavy atom. The lowest BCUT2D eigenvalue weighted by Crippen LogP contribution is -2.51. The molecule has 0 aromatic heterocycles. The fourth-order valence-corrected chi connectivity index (χ4v) is 2.85. The molecule has 1 atom stereocenters. The van der Waals surface area contributed by atoms with Gasteiger partial charge in [-0.05, 0) is 24.3 Å². The van der Waals surface area contributed by atoms with Crippen molar-refractivity contribution < 1.29 is 27.8 Å². The minimum absolute atomic E-state index is 0.00819. The van der Waals surface area contributed by atoms with Crippen molar-refractivity contribution in [1.29, 1.82) is 0 Å². The van der Waals surface area contributed by atoms with E-state index in [4.69, 9.17) is 9.47 Å². The van der Waals surface area contributed by atoms with Crippen molar-refractivity contribution >= 4 is 23.6 Å². The highest BCUT2D eigenvalue weighted by Crippen LogP contribution is 2.30. The Kier molecular flexibility index (Phi) is 5.57. The molecule has 1 heterocycles. The van der Waals surface area contributed by atoms with Crippen molar-refractivity contribution in [2.24, 2.45) is 0 Å². The maximum Gasteiger partial charge on any atom is 0.283 e. The van der Waals surface area contributed by atoms with Crippen LogP contribution < -0.4 is 20.3 Å². The van der Waals surface area contributed by atoms with Crippen LogP contribution in [-0.4, -0.2) is 30.3 Å². The molecule has 9 heteroatoms. The van der Waals surface area contributed by atoms with Crippen LogP contribution in [0.4, 0.5) is 8.78 Å². The molecule has 2 aromatic carbocycles. The molecule has 2 amide bonds. The Labute approximate surface area is 151 Å². The zero-order valence-electron chi connectivity index (χ0n) is 13.3. The Morgan fingerprint density at radius 2 is 1.88 bits per heavy atom. The lowest BCUT2D eigenvalue weighted by atomic mass is 10.2. The molecule has 0 saturated carbocycles. The second-order valence-corrected chi connectivity index (χ2v) is 6.28. The molecule has 0 bridgehead atoms. The summed E-state index contributed by atoms with van der Waals surface area (Å²) in [4.78, 5) is 23.9. The Bertz CT molecular complexity index is 834. The van der Waals surface area contributed by atoms with Crippen molar-refractivity contribution in [3.63, 3.8) is 0 Å². The van der Waals surface area contributed by atoms with E-state index >= 15 is 0 Å². The Balaban J connectivity index is 1.45. The summed E-state index contributed by atoms with van der Waals surface area (Å²) in [5.41, 5.74) is 4.45. The van der Waals surface area contributed by atoms with Gasteiger partial charge in [0.25, 0.3) is 5.91 Å². The molecule has 0 unspecified atom stereocenters. The maximum absolute atomic E-state index is 13.5. The molecule has 2 N–H and O–H groups in total. The first kappa shape index (κ1) is 18.0. The lowest BCUT2D eigenvalue weighted by molar-refractivity contribution is -0.134. The summed E-state index contributed by atoms with van der Waals surface area (Å²) < 4.78 is 37.2. The summed E-state index contributed by atoms with van der Waals surface area (Å²) in [6.45, 7) is 0.00819. The minimum Gasteiger partial charge on any atom is -0.485 e. The van der Waals surface area contributed by atoms with Crippen LogP contribution in [0.1, 0.15) is 0 Å². The van der Waals surface area contributed by atoms with E-state index in [2.05, 4.69) is 10.9 Å². The number of para-hydroxylation sites is 2. The van der Waals surface area contributed by atoms with Crippen LogP contribution >= 0.6 is 11.8 Å². The molecule has 0 spiro atoms. The summed E-state index contributed by atoms with van der Waals surface area (Å²) in [5.74, 6) is -1.76. The quantitative estimate of drug-likeness (QED) is 0.627. The zero-order chi connectivity index (χ0) is 18.5. The molecule has 0 saturated heterocycles. The molecule has 0 fully saturated rings. The number of rotatable bonds is 4. The van der Waals surface area contributed by atoms with Crippen LogP contribution in [-0.2, 0) is 9.59 Å². The number of hydrazine groups is 1. The van der Waals surface area contributed by atoms with Gasteiger partial charge in [-0.3, -0.25) is 20.4 Å². The number of carbonyl (C=O) groups excluding carboxylic acids is 2. The minimum atomic E-state index is -0.910. The van der Waals surface area contributed by atoms with Gasteiger partial charge in [-0.15, -0.1) is 11.8 Å². The van der Waals surface area contributed by atoms with Gasteiger partial charge in [-0.25, -0.2) is 8.78 Å². The number of fused-ring (bicyclic) bond motifs is 1. The molecule has 3 rings (SSSR count). The third-order valence-corrected chi connectivity index (χ3v) is 4.43. The second kappa shape index (κ2) is 8.05. The van der Waals surface area contributed by atoms with Crippen molar-refractivity contribution in [3.05, 3.63) is 54.1 Å². The molecular weight excluding hydrogens is 366 g/mol. The number of nitrogens with one attached hydrogen (secondary N) is 2. The highest BCUT2D eigenvalue weighted by Gasteiger charge is 2.27. The topological polar surface area (TPSA) is 76.7 Å². The van der Waals surface area contributed by atoms with E-state index in [1.165, 1.54) is 6.07 Å². The predicted octanol–water partition coefficient (Wildman–Crippen LogP) is 2.04. The average Bonchev–Trinajstić information content (AvgIpc) is 2.65. The van der Waals surface area contributed by atoms with Gasteiger partial charge in [0.1, 0.15) is 18.2 Å². The SMILES string of the molecule is O=C(CSc1ccc(F)cc1F)NNC(=O)[C@H]1COc2ccccc2O1. The molecule has 6 nitrogen and oxygen atoms in total. The number of amides is 2. The summed E-state index contributed by atoms with van der Waals surface area (Å²) >= 11 is 0.881. The van der Waals surface area contributed by atoms with Gasteiger partial charge in [0.15, 0.2) is 11.5 Å². The van der Waals surface area contributed by atoms with E-state index in [9.17, 15) is 18.4 Å². The smallest absolute Gasteiger partial charge is 0.283 e. The fraction of sp³-hybridized carbons (Fsp3) is 0.176. The van der Waals surface area contributed by atoms with Gasteiger partial charge in [0, 0.05) is 11.0 Å². The summed E-state index contributed by atoms with van der Waals surface area (Å²) in [6, 6.07) is 9.99. The second-order valence-electron chi connectivity index (χ2n) is 5.27. The number of benzene rings is 2. The third-order valence-electron chi connectivity index (χ3n) is 3.38. The molecule has 1 aliphatic rings. The first-order valence-corrected chi connectivity index (χ1v) is 8.56. The van der Waals surface area contributed by atoms with Crippen LogP contribution in [0.5, 0.6) is 11.5 Å². The van der Waals surface area contributed by atoms with E-state index < -0.39 is 29.6 Å². The van der Waals surface area contributed by atoms with E-state index in [0.717, 1.165) is 23.9 Å². The third kappa shape index (κ3) is 4.42. The Morgan fingerprint density at radius 1 is 1.12 bits per heavy atom. The van der Waals surface area contributed by atoms with Crippen LogP contribution in [0, 0.1) is 11.6 Å². The number of thioether (sulfide) groups is 1. The van der Waals surface area contributed by atoms with Crippen LogP contribution in [0.15, 0.2) is 47.4 Å². The van der Waals surface area contributed by atoms with Crippen molar-refractivity contribution in [3.8, 4) is 11.5 Å². The van der Waals surface area contributed by atoms with Crippen LogP contribution in [0.3, 0.4) is 0 Å². The molecule has 136 valence electrons. The lowest BCUT2D eigenvalue weighted by Gasteiger charge is -2.25. The van der Waals surface area contributed by atoms with Crippen LogP contribution in [0.25, 0.3) is 0 Å². The summed E-state index contributed by atoms with van der Waals surface area (Å²) in [5, 5.41) is 0. The monoisotopic (exact) mass is 380 g/mol. The maximum atomic E-state index is 13.5. The summed E-state index contributed by atoms with van der Waals surface area (Å²) in [7, 11) is 0. The highest BCUT2D eigenvalue weighted by atomic mass is 32.2. The van der Waals surface area contributed by atoms with E-state index in [0.29, 0.717) is 11.5 Å². The molecule has 2 aromatic rings. The normalized spacial score (nSPS) is 15.2. The van der Waals surface area contributed by atoms with Crippen molar-refractivity contribution in [2.45, 2.75) is 11.0 Å². The molecule has 0 radical (unpaired) electrons. The number of ether oxygens (including phenoxy) is 2. The highest BCUT2D eigenvalue weighted by molar-refractivity contribution is 8.00. The van der Waals surface area contributed by atoms with Gasteiger partial charge in [-0.1, -0.05) is 12.1 Å². The first-order chi connectivity index (χ1) is 12.5. The van der Waals surface area contributed by atoms with E-state index in [-0.39, 0.29) is 17.3 Å². The zero-order valence-corrected chi connectivity index (χ0v) is 14.1. The van der Waals surface area contributed by atoms with Gasteiger partial charge in [-0.2, -0.15) is 0 Å². The van der Waals surface area contributed by atoms with Crippen molar-refractivity contribution in [1.82, 2.24) is 10.9 Å². The predicted molar refractivity (Wildman–Crippen MR) is 89.7 cm³/mol. The van der Waals surface area contributed by atoms with Crippen molar-refractivity contribution in [2.75, 3.05) is 12.4 Å². The number of halogens is 2. The van der Waals surface area contributed by atoms with Gasteiger partial charge >= 0.3 is 0 Å². The van der Waals surface area contributed by atoms with Gasteiger partial charge in [0.2, 0.25) is 12.0 Å². The number of hydrogen-bond acceptors (Lipinski definition) is 5. The number of carbonyl (C=O) groups is 2. The molecule has 0 aliphatic carbocycles. The molecule has 1 aliphatic heterocycles. The first-order valence-electron chi connectivity index (χ1n) is 7.58. The van der Waals surface area contributed by atoms with E-state index in [1.807, 2.05) is 0 Å². The largest absolute Gasteiger partial charge is 0.485 e. The van der Waals surface area contributed by atoms with Gasteiger partial charge in [0.05, 0.1) is 5.75 Å². The van der Waals surface area contributed by atoms with E-state index in [1.54, 1.807) is 24.3 Å². The number of hydrogen-bond donors (Lipinski definition) is 2. The fourth-order valence-electron chi connectivity index (χ4n) is 2.13. The average molecular weight is 380 g/mol. The van der Waals surface area contributed by atoms with Gasteiger partial charge < -0.3 is 9.47 Å². The molecular formula is C17H14F2N2O4S. The Hall–Kier alpha value is -2.81. The van der Waals surface area contributed by atoms with Crippen LogP contribution in [0.2, 0.25) is 0 Å².